The molecule has 0 aliphatic rings. The Morgan fingerprint density at radius 3 is 2.21 bits per heavy atom. The molecule has 0 atom stereocenters. The van der Waals surface area contributed by atoms with Gasteiger partial charge < -0.3 is 9.97 Å². The molecule has 0 aliphatic heterocycles. The standard InChI is InChI=1S/2C6H9N/c1-5-3-6(2)7-4-5;1-2-6-4-3-5-7-6/h3-4,7H,1-2H3;3-5,7H,2H2,1H3. The van der Waals surface area contributed by atoms with Crippen LogP contribution < -0.4 is 0 Å². The molecule has 0 saturated heterocycles. The quantitative estimate of drug-likeness (QED) is 0.692. The fraction of sp³-hybridized carbons (Fsp3) is 0.333. The summed E-state index contributed by atoms with van der Waals surface area (Å²) in [5.74, 6) is 0. The third kappa shape index (κ3) is 3.52. The van der Waals surface area contributed by atoms with E-state index in [0.717, 1.165) is 6.42 Å². The van der Waals surface area contributed by atoms with Gasteiger partial charge in [0.15, 0.2) is 0 Å². The summed E-state index contributed by atoms with van der Waals surface area (Å²) in [6.07, 6.45) is 5.04. The monoisotopic (exact) mass is 190 g/mol. The molecule has 2 nitrogen and oxygen atoms in total. The molecule has 0 radical (unpaired) electrons. The molecule has 0 fully saturated rings. The summed E-state index contributed by atoms with van der Waals surface area (Å²) in [5, 5.41) is 0. The summed E-state index contributed by atoms with van der Waals surface area (Å²) in [5.41, 5.74) is 3.84. The van der Waals surface area contributed by atoms with E-state index in [1.807, 2.05) is 25.4 Å². The van der Waals surface area contributed by atoms with Gasteiger partial charge in [-0.15, -0.1) is 0 Å². The molecule has 14 heavy (non-hydrogen) atoms. The van der Waals surface area contributed by atoms with Crippen LogP contribution >= 0.6 is 0 Å². The lowest BCUT2D eigenvalue weighted by atomic mass is 10.4. The van der Waals surface area contributed by atoms with Crippen molar-refractivity contribution in [3.05, 3.63) is 47.5 Å². The van der Waals surface area contributed by atoms with Gasteiger partial charge in [-0.25, -0.2) is 0 Å². The topological polar surface area (TPSA) is 31.6 Å². The zero-order valence-electron chi connectivity index (χ0n) is 9.09. The van der Waals surface area contributed by atoms with Crippen molar-refractivity contribution in [1.29, 1.82) is 0 Å². The van der Waals surface area contributed by atoms with E-state index in [1.54, 1.807) is 0 Å². The van der Waals surface area contributed by atoms with E-state index in [1.165, 1.54) is 17.0 Å². The number of aromatic nitrogens is 2. The van der Waals surface area contributed by atoms with Gasteiger partial charge in [-0.3, -0.25) is 0 Å². The molecule has 2 aromatic heterocycles. The van der Waals surface area contributed by atoms with Gasteiger partial charge in [-0.05, 0) is 44.0 Å². The van der Waals surface area contributed by atoms with Crippen LogP contribution in [0.25, 0.3) is 0 Å². The molecule has 0 aromatic carbocycles. The summed E-state index contributed by atoms with van der Waals surface area (Å²) in [7, 11) is 0. The lowest BCUT2D eigenvalue weighted by Gasteiger charge is -1.81. The van der Waals surface area contributed by atoms with E-state index in [-0.39, 0.29) is 0 Å². The van der Waals surface area contributed by atoms with Crippen molar-refractivity contribution >= 4 is 0 Å². The fourth-order valence-electron chi connectivity index (χ4n) is 1.24. The van der Waals surface area contributed by atoms with Gasteiger partial charge >= 0.3 is 0 Å². The summed E-state index contributed by atoms with van der Waals surface area (Å²) in [6.45, 7) is 6.25. The second-order valence-corrected chi connectivity index (χ2v) is 3.41. The van der Waals surface area contributed by atoms with Crippen LogP contribution in [0.5, 0.6) is 0 Å². The molecule has 2 aromatic rings. The van der Waals surface area contributed by atoms with E-state index < -0.39 is 0 Å². The van der Waals surface area contributed by atoms with E-state index in [2.05, 4.69) is 35.9 Å². The molecule has 0 saturated carbocycles. The molecule has 2 heterocycles. The summed E-state index contributed by atoms with van der Waals surface area (Å²) < 4.78 is 0. The average Bonchev–Trinajstić information content (AvgIpc) is 2.78. The van der Waals surface area contributed by atoms with Crippen molar-refractivity contribution in [2.24, 2.45) is 0 Å². The molecule has 0 unspecified atom stereocenters. The minimum atomic E-state index is 1.10. The number of rotatable bonds is 1. The van der Waals surface area contributed by atoms with E-state index in [0.29, 0.717) is 0 Å². The predicted octanol–water partition coefficient (Wildman–Crippen LogP) is 3.21. The highest BCUT2D eigenvalue weighted by Gasteiger charge is 1.82. The zero-order chi connectivity index (χ0) is 10.4. The Hall–Kier alpha value is -1.44. The van der Waals surface area contributed by atoms with Crippen molar-refractivity contribution < 1.29 is 0 Å². The molecule has 0 spiro atoms. The van der Waals surface area contributed by atoms with Gasteiger partial charge in [-0.2, -0.15) is 0 Å². The largest absolute Gasteiger partial charge is 0.365 e. The molecular formula is C12H18N2. The summed E-state index contributed by atoms with van der Waals surface area (Å²) in [4.78, 5) is 6.16. The second kappa shape index (κ2) is 5.32. The SMILES string of the molecule is CCc1ccc[nH]1.Cc1c[nH]c(C)c1. The van der Waals surface area contributed by atoms with Crippen LogP contribution in [0.2, 0.25) is 0 Å². The first-order valence-corrected chi connectivity index (χ1v) is 4.96. The van der Waals surface area contributed by atoms with Crippen molar-refractivity contribution in [3.63, 3.8) is 0 Å². The predicted molar refractivity (Wildman–Crippen MR) is 60.4 cm³/mol. The minimum Gasteiger partial charge on any atom is -0.365 e. The highest BCUT2D eigenvalue weighted by atomic mass is 14.7. The zero-order valence-corrected chi connectivity index (χ0v) is 9.09. The van der Waals surface area contributed by atoms with E-state index in [9.17, 15) is 0 Å². The first-order valence-electron chi connectivity index (χ1n) is 4.96. The van der Waals surface area contributed by atoms with Crippen LogP contribution in [0.1, 0.15) is 23.9 Å². The molecule has 76 valence electrons. The Balaban J connectivity index is 0.000000140. The normalized spacial score (nSPS) is 9.36. The highest BCUT2D eigenvalue weighted by Crippen LogP contribution is 1.97. The molecule has 2 N–H and O–H groups in total. The van der Waals surface area contributed by atoms with Crippen molar-refractivity contribution in [1.82, 2.24) is 9.97 Å². The molecule has 0 aliphatic carbocycles. The lowest BCUT2D eigenvalue weighted by molar-refractivity contribution is 1.06. The number of hydrogen-bond acceptors (Lipinski definition) is 0. The third-order valence-electron chi connectivity index (χ3n) is 2.01. The lowest BCUT2D eigenvalue weighted by Crippen LogP contribution is -1.73. The van der Waals surface area contributed by atoms with Gasteiger partial charge in [0.2, 0.25) is 0 Å². The highest BCUT2D eigenvalue weighted by molar-refractivity contribution is 5.12. The maximum absolute atomic E-state index is 3.09. The smallest absolute Gasteiger partial charge is 0.0144 e. The molecule has 0 amide bonds. The number of hydrogen-bond donors (Lipinski definition) is 2. The van der Waals surface area contributed by atoms with Crippen molar-refractivity contribution in [2.75, 3.05) is 0 Å². The first kappa shape index (κ1) is 10.6. The molecule has 0 bridgehead atoms. The van der Waals surface area contributed by atoms with Gasteiger partial charge in [0.25, 0.3) is 0 Å². The van der Waals surface area contributed by atoms with Crippen LogP contribution in [0.4, 0.5) is 0 Å². The van der Waals surface area contributed by atoms with Crippen LogP contribution in [0, 0.1) is 13.8 Å². The van der Waals surface area contributed by atoms with Crippen LogP contribution in [0.3, 0.4) is 0 Å². The number of H-pyrrole nitrogens is 2. The van der Waals surface area contributed by atoms with E-state index >= 15 is 0 Å². The van der Waals surface area contributed by atoms with E-state index in [4.69, 9.17) is 0 Å². The Labute approximate surface area is 85.4 Å². The van der Waals surface area contributed by atoms with Gasteiger partial charge in [0.1, 0.15) is 0 Å². The minimum absolute atomic E-state index is 1.10. The van der Waals surface area contributed by atoms with Crippen LogP contribution in [-0.4, -0.2) is 9.97 Å². The summed E-state index contributed by atoms with van der Waals surface area (Å²) in [6, 6.07) is 6.21. The van der Waals surface area contributed by atoms with Crippen LogP contribution in [0.15, 0.2) is 30.6 Å². The number of aromatic amines is 2. The van der Waals surface area contributed by atoms with Crippen molar-refractivity contribution in [3.8, 4) is 0 Å². The van der Waals surface area contributed by atoms with Crippen LogP contribution in [-0.2, 0) is 6.42 Å². The number of aryl methyl sites for hydroxylation is 3. The molecular weight excluding hydrogens is 172 g/mol. The summed E-state index contributed by atoms with van der Waals surface area (Å²) >= 11 is 0. The van der Waals surface area contributed by atoms with Gasteiger partial charge in [-0.1, -0.05) is 6.92 Å². The fourth-order valence-corrected chi connectivity index (χ4v) is 1.24. The first-order chi connectivity index (χ1) is 6.72. The molecule has 2 heteroatoms. The Morgan fingerprint density at radius 1 is 1.21 bits per heavy atom. The Kier molecular flexibility index (Phi) is 4.05. The maximum atomic E-state index is 3.09. The number of nitrogens with one attached hydrogen (secondary N) is 2. The third-order valence-corrected chi connectivity index (χ3v) is 2.01. The Bertz CT molecular complexity index is 328. The van der Waals surface area contributed by atoms with Gasteiger partial charge in [0, 0.05) is 23.8 Å². The average molecular weight is 190 g/mol. The van der Waals surface area contributed by atoms with Gasteiger partial charge in [0.05, 0.1) is 0 Å². The van der Waals surface area contributed by atoms with Crippen molar-refractivity contribution in [2.45, 2.75) is 27.2 Å². The molecule has 2 rings (SSSR count). The Morgan fingerprint density at radius 2 is 2.00 bits per heavy atom. The maximum Gasteiger partial charge on any atom is 0.0144 e. The second-order valence-electron chi connectivity index (χ2n) is 3.41.